The molecule has 1 aliphatic rings. The minimum atomic E-state index is -4.41. The van der Waals surface area contributed by atoms with Crippen LogP contribution in [0.5, 0.6) is 0 Å². The molecule has 6 nitrogen and oxygen atoms in total. The third-order valence-electron chi connectivity index (χ3n) is 4.75. The van der Waals surface area contributed by atoms with Gasteiger partial charge in [-0.3, -0.25) is 9.79 Å². The van der Waals surface area contributed by atoms with E-state index in [1.54, 1.807) is 7.05 Å². The number of nitrogens with zero attached hydrogens (tertiary/aromatic N) is 3. The van der Waals surface area contributed by atoms with Crippen molar-refractivity contribution in [1.82, 2.24) is 15.6 Å². The molecule has 3 rings (SSSR count). The van der Waals surface area contributed by atoms with Crippen LogP contribution < -0.4 is 15.5 Å². The number of alkyl halides is 3. The van der Waals surface area contributed by atoms with E-state index in [2.05, 4.69) is 26.7 Å². The molecule has 0 fully saturated rings. The average molecular weight is 440 g/mol. The lowest BCUT2D eigenvalue weighted by Crippen LogP contribution is -2.39. The number of carbonyl (C=O) groups excluding carboxylic acids is 1. The number of anilines is 1. The van der Waals surface area contributed by atoms with Crippen LogP contribution in [0, 0.1) is 0 Å². The smallest absolute Gasteiger partial charge is 0.356 e. The van der Waals surface area contributed by atoms with Crippen LogP contribution in [0.25, 0.3) is 0 Å². The Morgan fingerprint density at radius 2 is 2.03 bits per heavy atom. The Morgan fingerprint density at radius 3 is 2.77 bits per heavy atom. The molecule has 0 unspecified atom stereocenters. The first-order valence-electron chi connectivity index (χ1n) is 9.73. The number of thiazole rings is 1. The molecule has 30 heavy (non-hydrogen) atoms. The monoisotopic (exact) mass is 439 g/mol. The number of guanidine groups is 1. The van der Waals surface area contributed by atoms with Crippen LogP contribution in [-0.4, -0.2) is 43.5 Å². The highest BCUT2D eigenvalue weighted by atomic mass is 32.1. The van der Waals surface area contributed by atoms with Gasteiger partial charge in [-0.2, -0.15) is 13.2 Å². The largest absolute Gasteiger partial charge is 0.434 e. The minimum Gasteiger partial charge on any atom is -0.356 e. The third-order valence-corrected chi connectivity index (χ3v) is 5.65. The lowest BCUT2D eigenvalue weighted by molar-refractivity contribution is -0.140. The molecule has 0 radical (unpaired) electrons. The summed E-state index contributed by atoms with van der Waals surface area (Å²) in [7, 11) is 1.62. The van der Waals surface area contributed by atoms with Gasteiger partial charge < -0.3 is 15.5 Å². The molecular weight excluding hydrogens is 415 g/mol. The molecule has 1 amide bonds. The maximum Gasteiger partial charge on any atom is 0.434 e. The van der Waals surface area contributed by atoms with Gasteiger partial charge in [0.05, 0.1) is 5.01 Å². The van der Waals surface area contributed by atoms with E-state index in [9.17, 15) is 18.0 Å². The number of aliphatic imine (C=N–C) groups is 1. The fraction of sp³-hybridized carbons (Fsp3) is 0.450. The Kier molecular flexibility index (Phi) is 7.30. The summed E-state index contributed by atoms with van der Waals surface area (Å²) in [6.07, 6.45) is -2.07. The SMILES string of the molecule is CN=C(NCCCC(=O)N1CCc2ccccc21)NCCc1nc(C(F)(F)F)cs1. The van der Waals surface area contributed by atoms with Gasteiger partial charge in [0, 0.05) is 50.6 Å². The maximum atomic E-state index is 12.6. The van der Waals surface area contributed by atoms with E-state index in [0.717, 1.165) is 35.4 Å². The quantitative estimate of drug-likeness (QED) is 0.395. The molecule has 0 saturated carbocycles. The summed E-state index contributed by atoms with van der Waals surface area (Å²) in [4.78, 5) is 22.0. The zero-order valence-corrected chi connectivity index (χ0v) is 17.4. The van der Waals surface area contributed by atoms with Crippen molar-refractivity contribution in [2.24, 2.45) is 4.99 Å². The van der Waals surface area contributed by atoms with Crippen LogP contribution in [0.4, 0.5) is 18.9 Å². The Bertz CT molecular complexity index is 897. The summed E-state index contributed by atoms with van der Waals surface area (Å²) in [5.41, 5.74) is 1.36. The third kappa shape index (κ3) is 5.71. The number of hydrogen-bond acceptors (Lipinski definition) is 4. The van der Waals surface area contributed by atoms with Gasteiger partial charge in [-0.15, -0.1) is 11.3 Å². The van der Waals surface area contributed by atoms with Gasteiger partial charge in [0.2, 0.25) is 5.91 Å². The molecule has 1 aliphatic heterocycles. The molecule has 0 atom stereocenters. The van der Waals surface area contributed by atoms with Gasteiger partial charge in [-0.1, -0.05) is 18.2 Å². The minimum absolute atomic E-state index is 0.105. The summed E-state index contributed by atoms with van der Waals surface area (Å²) in [6.45, 7) is 1.70. The number of hydrogen-bond donors (Lipinski definition) is 2. The number of para-hydroxylation sites is 1. The zero-order chi connectivity index (χ0) is 21.6. The van der Waals surface area contributed by atoms with E-state index in [-0.39, 0.29) is 5.91 Å². The first-order valence-corrected chi connectivity index (χ1v) is 10.6. The molecule has 10 heteroatoms. The fourth-order valence-corrected chi connectivity index (χ4v) is 4.05. The molecule has 1 aromatic heterocycles. The number of nitrogens with one attached hydrogen (secondary N) is 2. The second kappa shape index (κ2) is 9.92. The lowest BCUT2D eigenvalue weighted by Gasteiger charge is -2.17. The van der Waals surface area contributed by atoms with Gasteiger partial charge in [0.25, 0.3) is 0 Å². The van der Waals surface area contributed by atoms with Crippen LogP contribution in [-0.2, 0) is 23.8 Å². The van der Waals surface area contributed by atoms with Crippen molar-refractivity contribution in [2.45, 2.75) is 31.9 Å². The topological polar surface area (TPSA) is 69.6 Å². The molecule has 0 spiro atoms. The molecule has 0 saturated heterocycles. The second-order valence-corrected chi connectivity index (χ2v) is 7.77. The Labute approximate surface area is 177 Å². The van der Waals surface area contributed by atoms with Gasteiger partial charge in [0.1, 0.15) is 0 Å². The first kappa shape index (κ1) is 22.1. The second-order valence-electron chi connectivity index (χ2n) is 6.83. The number of halogens is 3. The van der Waals surface area contributed by atoms with Crippen molar-refractivity contribution in [3.63, 3.8) is 0 Å². The predicted molar refractivity (Wildman–Crippen MR) is 112 cm³/mol. The molecule has 2 aromatic rings. The number of amides is 1. The number of fused-ring (bicyclic) bond motifs is 1. The predicted octanol–water partition coefficient (Wildman–Crippen LogP) is 3.24. The van der Waals surface area contributed by atoms with Crippen LogP contribution in [0.3, 0.4) is 0 Å². The number of benzene rings is 1. The summed E-state index contributed by atoms with van der Waals surface area (Å²) >= 11 is 0.994. The molecule has 162 valence electrons. The van der Waals surface area contributed by atoms with Gasteiger partial charge in [-0.25, -0.2) is 4.98 Å². The Hall–Kier alpha value is -2.62. The van der Waals surface area contributed by atoms with E-state index in [0.29, 0.717) is 43.3 Å². The number of rotatable bonds is 7. The highest BCUT2D eigenvalue weighted by Crippen LogP contribution is 2.30. The zero-order valence-electron chi connectivity index (χ0n) is 16.6. The van der Waals surface area contributed by atoms with E-state index in [1.807, 2.05) is 23.1 Å². The van der Waals surface area contributed by atoms with E-state index < -0.39 is 11.9 Å². The highest BCUT2D eigenvalue weighted by Gasteiger charge is 2.33. The van der Waals surface area contributed by atoms with Crippen molar-refractivity contribution < 1.29 is 18.0 Å². The molecule has 1 aromatic carbocycles. The fourth-order valence-electron chi connectivity index (χ4n) is 3.24. The molecule has 2 N–H and O–H groups in total. The van der Waals surface area contributed by atoms with Gasteiger partial charge in [-0.05, 0) is 24.5 Å². The van der Waals surface area contributed by atoms with Gasteiger partial charge in [0.15, 0.2) is 11.7 Å². The van der Waals surface area contributed by atoms with Crippen LogP contribution >= 0.6 is 11.3 Å². The van der Waals surface area contributed by atoms with Crippen molar-refractivity contribution in [2.75, 3.05) is 31.6 Å². The van der Waals surface area contributed by atoms with E-state index in [4.69, 9.17) is 0 Å². The molecule has 2 heterocycles. The summed E-state index contributed by atoms with van der Waals surface area (Å²) in [5, 5.41) is 7.62. The van der Waals surface area contributed by atoms with Crippen molar-refractivity contribution in [1.29, 1.82) is 0 Å². The Morgan fingerprint density at radius 1 is 1.27 bits per heavy atom. The average Bonchev–Trinajstić information content (AvgIpc) is 3.36. The molecule has 0 aliphatic carbocycles. The number of aromatic nitrogens is 1. The van der Waals surface area contributed by atoms with Crippen LogP contribution in [0.2, 0.25) is 0 Å². The summed E-state index contributed by atoms with van der Waals surface area (Å²) in [6, 6.07) is 7.95. The molecular formula is C20H24F3N5OS. The summed E-state index contributed by atoms with van der Waals surface area (Å²) < 4.78 is 37.7. The highest BCUT2D eigenvalue weighted by molar-refractivity contribution is 7.09. The lowest BCUT2D eigenvalue weighted by atomic mass is 10.2. The summed E-state index contributed by atoms with van der Waals surface area (Å²) in [5.74, 6) is 0.649. The van der Waals surface area contributed by atoms with Crippen molar-refractivity contribution in [3.05, 3.63) is 45.9 Å². The van der Waals surface area contributed by atoms with E-state index >= 15 is 0 Å². The van der Waals surface area contributed by atoms with Crippen molar-refractivity contribution >= 4 is 28.9 Å². The standard InChI is InChI=1S/C20H24F3N5OS/c1-24-19(26-11-8-17-27-16(13-30-17)20(21,22)23)25-10-4-7-18(29)28-12-9-14-5-2-3-6-15(14)28/h2-3,5-6,13H,4,7-12H2,1H3,(H2,24,25,26). The van der Waals surface area contributed by atoms with Crippen LogP contribution in [0.15, 0.2) is 34.6 Å². The molecule has 0 bridgehead atoms. The van der Waals surface area contributed by atoms with Gasteiger partial charge >= 0.3 is 6.18 Å². The maximum absolute atomic E-state index is 12.6. The van der Waals surface area contributed by atoms with Crippen molar-refractivity contribution in [3.8, 4) is 0 Å². The van der Waals surface area contributed by atoms with Crippen LogP contribution in [0.1, 0.15) is 29.1 Å². The normalized spacial score (nSPS) is 14.0. The van der Waals surface area contributed by atoms with E-state index in [1.165, 1.54) is 5.56 Å². The Balaban J connectivity index is 1.35. The number of carbonyl (C=O) groups is 1. The first-order chi connectivity index (χ1) is 14.4.